The van der Waals surface area contributed by atoms with E-state index in [-0.39, 0.29) is 0 Å². The number of furan rings is 1. The first-order chi connectivity index (χ1) is 11.2. The monoisotopic (exact) mass is 300 g/mol. The fraction of sp³-hybridized carbons (Fsp3) is 0.105. The van der Waals surface area contributed by atoms with Gasteiger partial charge >= 0.3 is 0 Å². The summed E-state index contributed by atoms with van der Waals surface area (Å²) < 4.78 is 7.97. The van der Waals surface area contributed by atoms with E-state index in [1.165, 1.54) is 6.20 Å². The second-order valence-electron chi connectivity index (χ2n) is 5.65. The van der Waals surface area contributed by atoms with Crippen molar-refractivity contribution < 1.29 is 8.98 Å². The van der Waals surface area contributed by atoms with Crippen LogP contribution in [0, 0.1) is 18.3 Å². The maximum Gasteiger partial charge on any atom is 0.227 e. The van der Waals surface area contributed by atoms with Crippen molar-refractivity contribution in [3.63, 3.8) is 0 Å². The predicted octanol–water partition coefficient (Wildman–Crippen LogP) is 3.65. The Bertz CT molecular complexity index is 1100. The summed E-state index contributed by atoms with van der Waals surface area (Å²) in [6, 6.07) is 14.2. The second-order valence-corrected chi connectivity index (χ2v) is 5.65. The van der Waals surface area contributed by atoms with Crippen LogP contribution >= 0.6 is 0 Å². The van der Waals surface area contributed by atoms with Crippen molar-refractivity contribution in [3.8, 4) is 17.3 Å². The van der Waals surface area contributed by atoms with Crippen LogP contribution in [0.2, 0.25) is 0 Å². The van der Waals surface area contributed by atoms with Crippen molar-refractivity contribution >= 4 is 22.1 Å². The molecule has 0 bridgehead atoms. The van der Waals surface area contributed by atoms with Gasteiger partial charge in [0.15, 0.2) is 6.20 Å². The molecule has 0 radical (unpaired) electrons. The highest BCUT2D eigenvalue weighted by Crippen LogP contribution is 2.33. The summed E-state index contributed by atoms with van der Waals surface area (Å²) in [6.07, 6.45) is 3.56. The molecule has 1 aromatic carbocycles. The molecule has 0 saturated carbocycles. The van der Waals surface area contributed by atoms with E-state index in [1.54, 1.807) is 0 Å². The van der Waals surface area contributed by atoms with Gasteiger partial charge in [-0.25, -0.2) is 9.55 Å². The lowest BCUT2D eigenvalue weighted by Crippen LogP contribution is -2.30. The van der Waals surface area contributed by atoms with Crippen LogP contribution in [0.4, 0.5) is 0 Å². The lowest BCUT2D eigenvalue weighted by atomic mass is 10.0. The Labute approximate surface area is 133 Å². The van der Waals surface area contributed by atoms with Gasteiger partial charge in [0.05, 0.1) is 11.1 Å². The Kier molecular flexibility index (Phi) is 2.88. The van der Waals surface area contributed by atoms with E-state index in [0.29, 0.717) is 11.3 Å². The molecule has 0 aliphatic rings. The number of fused-ring (bicyclic) bond motifs is 3. The summed E-state index contributed by atoms with van der Waals surface area (Å²) in [6.45, 7) is 2.09. The standard InChI is InChI=1S/C19H14N3O/c1-12-7-15-16-8-13(10-20)11-21-19(16)23-18(15)9-14(12)17-5-3-4-6-22(17)2/h3-9,11H,1-2H3/q+1. The number of hydrogen-bond donors (Lipinski definition) is 0. The average Bonchev–Trinajstić information content (AvgIpc) is 2.91. The van der Waals surface area contributed by atoms with Gasteiger partial charge in [0.1, 0.15) is 18.7 Å². The number of benzene rings is 1. The number of rotatable bonds is 1. The van der Waals surface area contributed by atoms with E-state index in [0.717, 1.165) is 33.2 Å². The Morgan fingerprint density at radius 3 is 2.83 bits per heavy atom. The van der Waals surface area contributed by atoms with Crippen LogP contribution in [-0.2, 0) is 7.05 Å². The lowest BCUT2D eigenvalue weighted by Gasteiger charge is -2.04. The minimum Gasteiger partial charge on any atom is -0.438 e. The van der Waals surface area contributed by atoms with E-state index in [1.807, 2.05) is 37.5 Å². The van der Waals surface area contributed by atoms with Crippen LogP contribution in [0.5, 0.6) is 0 Å². The largest absolute Gasteiger partial charge is 0.438 e. The van der Waals surface area contributed by atoms with Crippen LogP contribution in [0.15, 0.2) is 53.2 Å². The topological polar surface area (TPSA) is 53.7 Å². The minimum atomic E-state index is 0.538. The van der Waals surface area contributed by atoms with Gasteiger partial charge in [0, 0.05) is 29.1 Å². The van der Waals surface area contributed by atoms with Crippen molar-refractivity contribution in [2.75, 3.05) is 0 Å². The Morgan fingerprint density at radius 2 is 2.04 bits per heavy atom. The summed E-state index contributed by atoms with van der Waals surface area (Å²) in [7, 11) is 2.03. The third-order valence-electron chi connectivity index (χ3n) is 4.13. The van der Waals surface area contributed by atoms with Gasteiger partial charge in [-0.1, -0.05) is 0 Å². The number of aryl methyl sites for hydroxylation is 2. The van der Waals surface area contributed by atoms with Crippen LogP contribution in [0.25, 0.3) is 33.3 Å². The zero-order valence-corrected chi connectivity index (χ0v) is 12.9. The van der Waals surface area contributed by atoms with Crippen molar-refractivity contribution in [3.05, 3.63) is 59.9 Å². The van der Waals surface area contributed by atoms with Gasteiger partial charge in [0.25, 0.3) is 0 Å². The highest BCUT2D eigenvalue weighted by molar-refractivity contribution is 6.05. The van der Waals surface area contributed by atoms with E-state index >= 15 is 0 Å². The Morgan fingerprint density at radius 1 is 1.17 bits per heavy atom. The van der Waals surface area contributed by atoms with Gasteiger partial charge in [-0.05, 0) is 36.8 Å². The fourth-order valence-corrected chi connectivity index (χ4v) is 2.95. The molecule has 4 nitrogen and oxygen atoms in total. The molecule has 0 N–H and O–H groups in total. The van der Waals surface area contributed by atoms with Crippen LogP contribution in [0.1, 0.15) is 11.1 Å². The molecule has 0 fully saturated rings. The summed E-state index contributed by atoms with van der Waals surface area (Å²) in [5.41, 5.74) is 5.29. The molecule has 0 atom stereocenters. The smallest absolute Gasteiger partial charge is 0.227 e. The van der Waals surface area contributed by atoms with Gasteiger partial charge in [-0.3, -0.25) is 0 Å². The quantitative estimate of drug-likeness (QED) is 0.504. The number of pyridine rings is 2. The SMILES string of the molecule is Cc1cc2c(cc1-c1cccc[n+]1C)oc1ncc(C#N)cc12. The van der Waals surface area contributed by atoms with Crippen molar-refractivity contribution in [1.82, 2.24) is 4.98 Å². The highest BCUT2D eigenvalue weighted by atomic mass is 16.3. The maximum absolute atomic E-state index is 9.06. The highest BCUT2D eigenvalue weighted by Gasteiger charge is 2.16. The number of hydrogen-bond acceptors (Lipinski definition) is 3. The van der Waals surface area contributed by atoms with Crippen LogP contribution in [-0.4, -0.2) is 4.98 Å². The van der Waals surface area contributed by atoms with Crippen LogP contribution in [0.3, 0.4) is 0 Å². The number of nitriles is 1. The van der Waals surface area contributed by atoms with Gasteiger partial charge in [-0.15, -0.1) is 0 Å². The third kappa shape index (κ3) is 2.06. The van der Waals surface area contributed by atoms with E-state index in [4.69, 9.17) is 9.68 Å². The molecule has 4 rings (SSSR count). The molecule has 0 unspecified atom stereocenters. The molecule has 23 heavy (non-hydrogen) atoms. The van der Waals surface area contributed by atoms with Gasteiger partial charge < -0.3 is 4.42 Å². The van der Waals surface area contributed by atoms with Crippen molar-refractivity contribution in [2.45, 2.75) is 6.92 Å². The molecular weight excluding hydrogens is 286 g/mol. The van der Waals surface area contributed by atoms with Gasteiger partial charge in [0.2, 0.25) is 11.4 Å². The molecule has 0 amide bonds. The summed E-state index contributed by atoms with van der Waals surface area (Å²) in [5, 5.41) is 10.9. The average molecular weight is 300 g/mol. The number of nitrogens with zero attached hydrogens (tertiary/aromatic N) is 3. The molecule has 3 aromatic heterocycles. The molecule has 0 aliphatic heterocycles. The van der Waals surface area contributed by atoms with E-state index in [9.17, 15) is 0 Å². The molecular formula is C19H14N3O+. The van der Waals surface area contributed by atoms with Crippen molar-refractivity contribution in [1.29, 1.82) is 5.26 Å². The number of aromatic nitrogens is 2. The Balaban J connectivity index is 2.04. The fourth-order valence-electron chi connectivity index (χ4n) is 2.95. The maximum atomic E-state index is 9.06. The molecule has 0 saturated heterocycles. The second kappa shape index (κ2) is 4.92. The molecule has 4 aromatic rings. The first-order valence-electron chi connectivity index (χ1n) is 7.35. The van der Waals surface area contributed by atoms with Crippen LogP contribution < -0.4 is 4.57 Å². The summed E-state index contributed by atoms with van der Waals surface area (Å²) in [4.78, 5) is 4.24. The predicted molar refractivity (Wildman–Crippen MR) is 87.6 cm³/mol. The molecule has 0 aliphatic carbocycles. The molecule has 110 valence electrons. The molecule has 3 heterocycles. The molecule has 4 heteroatoms. The lowest BCUT2D eigenvalue weighted by molar-refractivity contribution is -0.660. The third-order valence-corrected chi connectivity index (χ3v) is 4.13. The normalized spacial score (nSPS) is 11.0. The first-order valence-corrected chi connectivity index (χ1v) is 7.35. The zero-order valence-electron chi connectivity index (χ0n) is 12.9. The van der Waals surface area contributed by atoms with Gasteiger partial charge in [-0.2, -0.15) is 5.26 Å². The van der Waals surface area contributed by atoms with Crippen molar-refractivity contribution in [2.24, 2.45) is 7.05 Å². The molecule has 0 spiro atoms. The first kappa shape index (κ1) is 13.5. The van der Waals surface area contributed by atoms with E-state index < -0.39 is 0 Å². The zero-order chi connectivity index (χ0) is 16.0. The van der Waals surface area contributed by atoms with E-state index in [2.05, 4.69) is 34.7 Å². The summed E-state index contributed by atoms with van der Waals surface area (Å²) >= 11 is 0. The summed E-state index contributed by atoms with van der Waals surface area (Å²) in [5.74, 6) is 0. The Hall–Kier alpha value is -3.19. The minimum absolute atomic E-state index is 0.538.